The number of aryl methyl sites for hydroxylation is 1. The molecular weight excluding hydrogens is 412 g/mol. The summed E-state index contributed by atoms with van der Waals surface area (Å²) >= 11 is 0. The molecule has 5 nitrogen and oxygen atoms in total. The van der Waals surface area contributed by atoms with Crippen molar-refractivity contribution >= 4 is 16.8 Å². The molecule has 0 aliphatic carbocycles. The third-order valence-electron chi connectivity index (χ3n) is 6.42. The fourth-order valence-corrected chi connectivity index (χ4v) is 4.78. The van der Waals surface area contributed by atoms with Gasteiger partial charge in [-0.15, -0.1) is 0 Å². The number of halogens is 2. The number of carbonyl (C=O) groups is 1. The normalized spacial score (nSPS) is 16.7. The largest absolute Gasteiger partial charge is 0.489 e. The molecule has 3 aromatic rings. The molecule has 32 heavy (non-hydrogen) atoms. The van der Waals surface area contributed by atoms with E-state index in [-0.39, 0.29) is 23.7 Å². The van der Waals surface area contributed by atoms with Crippen molar-refractivity contribution in [1.82, 2.24) is 9.88 Å². The minimum absolute atomic E-state index is 0.0118. The van der Waals surface area contributed by atoms with Crippen molar-refractivity contribution in [3.8, 4) is 5.75 Å². The number of nitrogens with two attached hydrogens (primary N) is 1. The monoisotopic (exact) mass is 441 g/mol. The Morgan fingerprint density at radius 1 is 1.31 bits per heavy atom. The van der Waals surface area contributed by atoms with Crippen LogP contribution < -0.4 is 10.5 Å². The number of hydrogen-bond acceptors (Lipinski definition) is 3. The molecule has 2 atom stereocenters. The summed E-state index contributed by atoms with van der Waals surface area (Å²) in [4.78, 5) is 17.5. The zero-order valence-corrected chi connectivity index (χ0v) is 18.5. The maximum absolute atomic E-state index is 14.3. The molecule has 0 fully saturated rings. The first-order valence-electron chi connectivity index (χ1n) is 11.1. The van der Waals surface area contributed by atoms with Gasteiger partial charge in [0.2, 0.25) is 5.91 Å². The number of ether oxygens (including phenoxy) is 1. The third-order valence-corrected chi connectivity index (χ3v) is 6.42. The molecule has 0 saturated carbocycles. The maximum Gasteiger partial charge on any atom is 0.249 e. The molecular formula is C25H29F2N3O2. The lowest BCUT2D eigenvalue weighted by Crippen LogP contribution is -2.48. The van der Waals surface area contributed by atoms with E-state index in [1.807, 2.05) is 6.20 Å². The fourth-order valence-electron chi connectivity index (χ4n) is 4.78. The minimum Gasteiger partial charge on any atom is -0.489 e. The van der Waals surface area contributed by atoms with Gasteiger partial charge in [0.25, 0.3) is 0 Å². The van der Waals surface area contributed by atoms with Crippen LogP contribution >= 0.6 is 0 Å². The smallest absolute Gasteiger partial charge is 0.249 e. The average molecular weight is 442 g/mol. The van der Waals surface area contributed by atoms with Crippen LogP contribution in [0.4, 0.5) is 8.78 Å². The van der Waals surface area contributed by atoms with Gasteiger partial charge in [0, 0.05) is 40.3 Å². The molecule has 1 aliphatic rings. The summed E-state index contributed by atoms with van der Waals surface area (Å²) in [6, 6.07) is 7.68. The first-order valence-corrected chi connectivity index (χ1v) is 11.1. The lowest BCUT2D eigenvalue weighted by atomic mass is 9.94. The number of fused-ring (bicyclic) bond motifs is 2. The van der Waals surface area contributed by atoms with E-state index < -0.39 is 11.7 Å². The van der Waals surface area contributed by atoms with Crippen molar-refractivity contribution in [2.75, 3.05) is 13.2 Å². The maximum atomic E-state index is 14.3. The Kier molecular flexibility index (Phi) is 6.46. The van der Waals surface area contributed by atoms with E-state index in [9.17, 15) is 13.6 Å². The van der Waals surface area contributed by atoms with Gasteiger partial charge in [-0.2, -0.15) is 0 Å². The zero-order chi connectivity index (χ0) is 22.8. The Bertz CT molecular complexity index is 1130. The number of benzene rings is 2. The summed E-state index contributed by atoms with van der Waals surface area (Å²) in [6.07, 6.45) is 5.09. The Labute approximate surface area is 186 Å². The van der Waals surface area contributed by atoms with E-state index >= 15 is 0 Å². The third kappa shape index (κ3) is 4.35. The lowest BCUT2D eigenvalue weighted by Gasteiger charge is -2.39. The highest BCUT2D eigenvalue weighted by atomic mass is 19.1. The van der Waals surface area contributed by atoms with Gasteiger partial charge in [-0.05, 0) is 75.0 Å². The van der Waals surface area contributed by atoms with Gasteiger partial charge in [-0.3, -0.25) is 9.69 Å². The molecule has 3 N–H and O–H groups in total. The molecule has 1 aliphatic heterocycles. The quantitative estimate of drug-likeness (QED) is 0.537. The number of aromatic amines is 1. The second-order valence-corrected chi connectivity index (χ2v) is 8.57. The summed E-state index contributed by atoms with van der Waals surface area (Å²) in [6.45, 7) is 5.50. The number of aromatic nitrogens is 1. The van der Waals surface area contributed by atoms with Gasteiger partial charge in [-0.1, -0.05) is 6.92 Å². The van der Waals surface area contributed by atoms with Crippen molar-refractivity contribution < 1.29 is 18.3 Å². The molecule has 0 saturated heterocycles. The van der Waals surface area contributed by atoms with E-state index in [1.165, 1.54) is 18.2 Å². The van der Waals surface area contributed by atoms with Crippen molar-refractivity contribution in [3.05, 3.63) is 64.9 Å². The minimum atomic E-state index is -0.577. The Morgan fingerprint density at radius 3 is 2.88 bits per heavy atom. The molecule has 4 rings (SSSR count). The Morgan fingerprint density at radius 2 is 2.12 bits per heavy atom. The van der Waals surface area contributed by atoms with E-state index in [1.54, 1.807) is 12.1 Å². The number of carbonyl (C=O) groups excluding carboxylic acids is 1. The molecule has 0 unspecified atom stereocenters. The standard InChI is InChI=1S/C25H29F2N3O2/c1-3-10-30(15(2)4-5-16-13-29-23-9-6-17(26)11-20(16)23)18-12-21-19(25(28)31)7-8-22(27)24(21)32-14-18/h6-9,11,13,15,18,29H,3-5,10,12,14H2,1-2H3,(H2,28,31)/t15-,18-/m0/s1. The van der Waals surface area contributed by atoms with Crippen LogP contribution in [0.25, 0.3) is 10.9 Å². The van der Waals surface area contributed by atoms with E-state index in [0.717, 1.165) is 42.3 Å². The molecule has 7 heteroatoms. The molecule has 170 valence electrons. The van der Waals surface area contributed by atoms with E-state index in [2.05, 4.69) is 23.7 Å². The first-order chi connectivity index (χ1) is 15.4. The van der Waals surface area contributed by atoms with Crippen molar-refractivity contribution in [1.29, 1.82) is 0 Å². The number of nitrogens with zero attached hydrogens (tertiary/aromatic N) is 1. The Hall–Kier alpha value is -2.93. The van der Waals surface area contributed by atoms with Crippen LogP contribution in [-0.4, -0.2) is 41.0 Å². The van der Waals surface area contributed by atoms with Crippen LogP contribution in [0.15, 0.2) is 36.5 Å². The van der Waals surface area contributed by atoms with Crippen LogP contribution in [0.3, 0.4) is 0 Å². The predicted molar refractivity (Wildman–Crippen MR) is 121 cm³/mol. The topological polar surface area (TPSA) is 71.3 Å². The van der Waals surface area contributed by atoms with Gasteiger partial charge in [-0.25, -0.2) is 8.78 Å². The predicted octanol–water partition coefficient (Wildman–Crippen LogP) is 4.58. The highest BCUT2D eigenvalue weighted by Gasteiger charge is 2.32. The van der Waals surface area contributed by atoms with Gasteiger partial charge < -0.3 is 15.5 Å². The zero-order valence-electron chi connectivity index (χ0n) is 18.5. The SMILES string of the molecule is CCCN([C@@H]1COc2c(F)ccc(C(N)=O)c2C1)[C@@H](C)CCc1c[nH]c2ccc(F)cc12. The van der Waals surface area contributed by atoms with Crippen LogP contribution in [0.1, 0.15) is 48.2 Å². The average Bonchev–Trinajstić information content (AvgIpc) is 3.17. The van der Waals surface area contributed by atoms with Gasteiger partial charge >= 0.3 is 0 Å². The summed E-state index contributed by atoms with van der Waals surface area (Å²) in [5, 5.41) is 0.913. The summed E-state index contributed by atoms with van der Waals surface area (Å²) < 4.78 is 33.8. The van der Waals surface area contributed by atoms with Crippen LogP contribution in [-0.2, 0) is 12.8 Å². The number of nitrogens with one attached hydrogen (secondary N) is 1. The lowest BCUT2D eigenvalue weighted by molar-refractivity contribution is 0.0794. The highest BCUT2D eigenvalue weighted by molar-refractivity contribution is 5.95. The van der Waals surface area contributed by atoms with Crippen LogP contribution in [0.2, 0.25) is 0 Å². The number of rotatable bonds is 8. The number of H-pyrrole nitrogens is 1. The number of hydrogen-bond donors (Lipinski definition) is 2. The van der Waals surface area contributed by atoms with Crippen molar-refractivity contribution in [2.24, 2.45) is 5.73 Å². The van der Waals surface area contributed by atoms with E-state index in [4.69, 9.17) is 10.5 Å². The molecule has 0 bridgehead atoms. The second-order valence-electron chi connectivity index (χ2n) is 8.57. The summed E-state index contributed by atoms with van der Waals surface area (Å²) in [7, 11) is 0. The van der Waals surface area contributed by atoms with Gasteiger partial charge in [0.1, 0.15) is 12.4 Å². The van der Waals surface area contributed by atoms with Gasteiger partial charge in [0.15, 0.2) is 11.6 Å². The highest BCUT2D eigenvalue weighted by Crippen LogP contribution is 2.33. The van der Waals surface area contributed by atoms with E-state index in [0.29, 0.717) is 24.2 Å². The molecule has 2 aromatic carbocycles. The fraction of sp³-hybridized carbons (Fsp3) is 0.400. The molecule has 0 radical (unpaired) electrons. The summed E-state index contributed by atoms with van der Waals surface area (Å²) in [5.74, 6) is -1.14. The molecule has 2 heterocycles. The Balaban J connectivity index is 1.51. The number of amides is 1. The van der Waals surface area contributed by atoms with Crippen molar-refractivity contribution in [2.45, 2.75) is 51.6 Å². The molecule has 0 spiro atoms. The molecule has 1 amide bonds. The first kappa shape index (κ1) is 22.3. The summed E-state index contributed by atoms with van der Waals surface area (Å²) in [5.41, 5.74) is 8.41. The van der Waals surface area contributed by atoms with Crippen molar-refractivity contribution in [3.63, 3.8) is 0 Å². The second kappa shape index (κ2) is 9.28. The van der Waals surface area contributed by atoms with Crippen LogP contribution in [0.5, 0.6) is 5.75 Å². The number of primary amides is 1. The van der Waals surface area contributed by atoms with Gasteiger partial charge in [0.05, 0.1) is 0 Å². The van der Waals surface area contributed by atoms with Crippen LogP contribution in [0, 0.1) is 11.6 Å². The molecule has 1 aromatic heterocycles.